The van der Waals surface area contributed by atoms with Gasteiger partial charge in [-0.05, 0) is 19.1 Å². The largest absolute Gasteiger partial charge is 0.373 e. The van der Waals surface area contributed by atoms with E-state index in [0.717, 1.165) is 17.8 Å². The molecule has 0 saturated heterocycles. The van der Waals surface area contributed by atoms with Crippen molar-refractivity contribution in [1.29, 1.82) is 0 Å². The maximum Gasteiger partial charge on any atom is 0.151 e. The Labute approximate surface area is 65.5 Å². The zero-order valence-electron chi connectivity index (χ0n) is 6.59. The number of nitrogens with zero attached hydrogens (tertiary/aromatic N) is 1. The lowest BCUT2D eigenvalue weighted by Gasteiger charge is -2.01. The lowest BCUT2D eigenvalue weighted by atomic mass is 10.2. The van der Waals surface area contributed by atoms with Gasteiger partial charge in [-0.15, -0.1) is 0 Å². The van der Waals surface area contributed by atoms with Gasteiger partial charge < -0.3 is 5.32 Å². The summed E-state index contributed by atoms with van der Waals surface area (Å²) in [6.45, 7) is 1.81. The highest BCUT2D eigenvalue weighted by molar-refractivity contribution is 5.76. The number of hydrogen-bond acceptors (Lipinski definition) is 3. The Bertz CT molecular complexity index is 271. The van der Waals surface area contributed by atoms with E-state index in [9.17, 15) is 4.79 Å². The molecule has 0 aliphatic heterocycles. The topological polar surface area (TPSA) is 42.0 Å². The Kier molecular flexibility index (Phi) is 2.21. The molecule has 0 spiro atoms. The SMILES string of the molecule is CNc1ccc(C=O)c(C)n1. The molecule has 1 heterocycles. The van der Waals surface area contributed by atoms with Crippen molar-refractivity contribution in [2.45, 2.75) is 6.92 Å². The molecule has 1 N–H and O–H groups in total. The van der Waals surface area contributed by atoms with Crippen molar-refractivity contribution in [2.24, 2.45) is 0 Å². The van der Waals surface area contributed by atoms with Gasteiger partial charge in [0, 0.05) is 12.6 Å². The van der Waals surface area contributed by atoms with Crippen LogP contribution >= 0.6 is 0 Å². The standard InChI is InChI=1S/C8H10N2O/c1-6-7(5-11)3-4-8(9-2)10-6/h3-5H,1-2H3,(H,9,10). The van der Waals surface area contributed by atoms with Crippen molar-refractivity contribution < 1.29 is 4.79 Å². The lowest BCUT2D eigenvalue weighted by Crippen LogP contribution is -1.96. The van der Waals surface area contributed by atoms with Crippen LogP contribution in [0.1, 0.15) is 16.1 Å². The molecule has 58 valence electrons. The summed E-state index contributed by atoms with van der Waals surface area (Å²) in [6.07, 6.45) is 0.807. The van der Waals surface area contributed by atoms with Crippen molar-refractivity contribution in [3.8, 4) is 0 Å². The molecule has 0 saturated carbocycles. The molecule has 0 bridgehead atoms. The quantitative estimate of drug-likeness (QED) is 0.645. The van der Waals surface area contributed by atoms with Crippen LogP contribution < -0.4 is 5.32 Å². The van der Waals surface area contributed by atoms with Gasteiger partial charge in [0.15, 0.2) is 6.29 Å². The van der Waals surface area contributed by atoms with Gasteiger partial charge in [0.2, 0.25) is 0 Å². The minimum Gasteiger partial charge on any atom is -0.373 e. The molecule has 0 atom stereocenters. The van der Waals surface area contributed by atoms with Crippen LogP contribution in [0.5, 0.6) is 0 Å². The maximum atomic E-state index is 10.4. The van der Waals surface area contributed by atoms with Crippen LogP contribution in [0.4, 0.5) is 5.82 Å². The number of aromatic nitrogens is 1. The van der Waals surface area contributed by atoms with Gasteiger partial charge in [-0.25, -0.2) is 4.98 Å². The van der Waals surface area contributed by atoms with E-state index in [-0.39, 0.29) is 0 Å². The van der Waals surface area contributed by atoms with E-state index in [1.165, 1.54) is 0 Å². The van der Waals surface area contributed by atoms with Gasteiger partial charge >= 0.3 is 0 Å². The van der Waals surface area contributed by atoms with E-state index in [1.807, 2.05) is 6.92 Å². The Morgan fingerprint density at radius 2 is 2.27 bits per heavy atom. The molecule has 0 aliphatic rings. The summed E-state index contributed by atoms with van der Waals surface area (Å²) >= 11 is 0. The van der Waals surface area contributed by atoms with E-state index in [2.05, 4.69) is 10.3 Å². The van der Waals surface area contributed by atoms with Gasteiger partial charge in [-0.1, -0.05) is 0 Å². The van der Waals surface area contributed by atoms with Crippen molar-refractivity contribution in [3.63, 3.8) is 0 Å². The molecule has 0 fully saturated rings. The summed E-state index contributed by atoms with van der Waals surface area (Å²) in [5.41, 5.74) is 1.40. The molecule has 0 aliphatic carbocycles. The molecule has 0 aromatic carbocycles. The number of pyridine rings is 1. The van der Waals surface area contributed by atoms with Crippen LogP contribution in [0.15, 0.2) is 12.1 Å². The first-order valence-electron chi connectivity index (χ1n) is 3.38. The van der Waals surface area contributed by atoms with E-state index in [4.69, 9.17) is 0 Å². The number of anilines is 1. The molecule has 0 amide bonds. The van der Waals surface area contributed by atoms with Crippen LogP contribution in [-0.4, -0.2) is 18.3 Å². The molecule has 0 unspecified atom stereocenters. The number of aldehydes is 1. The van der Waals surface area contributed by atoms with Crippen LogP contribution in [0.2, 0.25) is 0 Å². The van der Waals surface area contributed by atoms with Crippen molar-refractivity contribution in [3.05, 3.63) is 23.4 Å². The fourth-order valence-corrected chi connectivity index (χ4v) is 0.836. The van der Waals surface area contributed by atoms with Crippen LogP contribution in [-0.2, 0) is 0 Å². The Morgan fingerprint density at radius 1 is 1.55 bits per heavy atom. The second-order valence-corrected chi connectivity index (χ2v) is 2.24. The number of hydrogen-bond donors (Lipinski definition) is 1. The first kappa shape index (κ1) is 7.72. The summed E-state index contributed by atoms with van der Waals surface area (Å²) in [6, 6.07) is 3.53. The van der Waals surface area contributed by atoms with Gasteiger partial charge in [0.05, 0.1) is 5.69 Å². The van der Waals surface area contributed by atoms with E-state index in [1.54, 1.807) is 19.2 Å². The zero-order chi connectivity index (χ0) is 8.27. The maximum absolute atomic E-state index is 10.4. The van der Waals surface area contributed by atoms with Gasteiger partial charge in [0.1, 0.15) is 5.82 Å². The molecule has 3 nitrogen and oxygen atoms in total. The smallest absolute Gasteiger partial charge is 0.151 e. The minimum absolute atomic E-state index is 0.643. The van der Waals surface area contributed by atoms with E-state index >= 15 is 0 Å². The van der Waals surface area contributed by atoms with Gasteiger partial charge in [-0.3, -0.25) is 4.79 Å². The Balaban J connectivity index is 3.09. The number of nitrogens with one attached hydrogen (secondary N) is 1. The first-order valence-corrected chi connectivity index (χ1v) is 3.38. The Hall–Kier alpha value is -1.38. The highest BCUT2D eigenvalue weighted by Gasteiger charge is 1.97. The summed E-state index contributed by atoms with van der Waals surface area (Å²) < 4.78 is 0. The highest BCUT2D eigenvalue weighted by Crippen LogP contribution is 2.06. The van der Waals surface area contributed by atoms with Crippen LogP contribution in [0.25, 0.3) is 0 Å². The molecule has 0 radical (unpaired) electrons. The summed E-state index contributed by atoms with van der Waals surface area (Å²) in [4.78, 5) is 14.5. The Morgan fingerprint density at radius 3 is 2.73 bits per heavy atom. The number of carbonyl (C=O) groups excluding carboxylic acids is 1. The predicted molar refractivity (Wildman–Crippen MR) is 43.9 cm³/mol. The van der Waals surface area contributed by atoms with E-state index in [0.29, 0.717) is 5.56 Å². The first-order chi connectivity index (χ1) is 5.27. The van der Waals surface area contributed by atoms with E-state index < -0.39 is 0 Å². The molecule has 1 rings (SSSR count). The number of aryl methyl sites for hydroxylation is 1. The van der Waals surface area contributed by atoms with Gasteiger partial charge in [-0.2, -0.15) is 0 Å². The normalized spacial score (nSPS) is 9.27. The van der Waals surface area contributed by atoms with Crippen molar-refractivity contribution in [2.75, 3.05) is 12.4 Å². The van der Waals surface area contributed by atoms with Crippen molar-refractivity contribution >= 4 is 12.1 Å². The molecular formula is C8H10N2O. The second kappa shape index (κ2) is 3.14. The zero-order valence-corrected chi connectivity index (χ0v) is 6.59. The third-order valence-electron chi connectivity index (χ3n) is 1.51. The van der Waals surface area contributed by atoms with Gasteiger partial charge in [0.25, 0.3) is 0 Å². The average molecular weight is 150 g/mol. The molecule has 1 aromatic rings. The third-order valence-corrected chi connectivity index (χ3v) is 1.51. The van der Waals surface area contributed by atoms with Crippen LogP contribution in [0, 0.1) is 6.92 Å². The fourth-order valence-electron chi connectivity index (χ4n) is 0.836. The minimum atomic E-state index is 0.643. The molecule has 1 aromatic heterocycles. The van der Waals surface area contributed by atoms with Crippen LogP contribution in [0.3, 0.4) is 0 Å². The average Bonchev–Trinajstić information content (AvgIpc) is 2.04. The monoisotopic (exact) mass is 150 g/mol. The molecule has 11 heavy (non-hydrogen) atoms. The van der Waals surface area contributed by atoms with Crippen molar-refractivity contribution in [1.82, 2.24) is 4.98 Å². The lowest BCUT2D eigenvalue weighted by molar-refractivity contribution is 0.112. The number of rotatable bonds is 2. The third kappa shape index (κ3) is 1.55. The second-order valence-electron chi connectivity index (χ2n) is 2.24. The molecule has 3 heteroatoms. The fraction of sp³-hybridized carbons (Fsp3) is 0.250. The summed E-state index contributed by atoms with van der Waals surface area (Å²) in [7, 11) is 1.79. The summed E-state index contributed by atoms with van der Waals surface area (Å²) in [5, 5.41) is 2.89. The highest BCUT2D eigenvalue weighted by atomic mass is 16.1. The number of carbonyl (C=O) groups is 1. The predicted octanol–water partition coefficient (Wildman–Crippen LogP) is 1.24. The molecular weight excluding hydrogens is 140 g/mol. The summed E-state index contributed by atoms with van der Waals surface area (Å²) in [5.74, 6) is 0.785.